The van der Waals surface area contributed by atoms with E-state index in [-0.39, 0.29) is 11.5 Å². The highest BCUT2D eigenvalue weighted by Crippen LogP contribution is 2.59. The highest BCUT2D eigenvalue weighted by molar-refractivity contribution is 5.87. The Hall–Kier alpha value is -3.52. The van der Waals surface area contributed by atoms with E-state index in [0.29, 0.717) is 0 Å². The second-order valence-electron chi connectivity index (χ2n) is 7.88. The number of benzene rings is 4. The van der Waals surface area contributed by atoms with E-state index in [2.05, 4.69) is 24.3 Å². The third kappa shape index (κ3) is 2.35. The second-order valence-corrected chi connectivity index (χ2v) is 7.88. The lowest BCUT2D eigenvalue weighted by atomic mass is 9.66. The van der Waals surface area contributed by atoms with Gasteiger partial charge in [0.15, 0.2) is 0 Å². The van der Waals surface area contributed by atoms with Gasteiger partial charge in [0.1, 0.15) is 11.5 Å². The first-order valence-corrected chi connectivity index (χ1v) is 9.83. The average molecular weight is 378 g/mol. The molecule has 0 bridgehead atoms. The predicted molar refractivity (Wildman–Crippen MR) is 117 cm³/mol. The topological polar surface area (TPSA) is 40.5 Å². The summed E-state index contributed by atoms with van der Waals surface area (Å²) in [7, 11) is 0. The maximum Gasteiger partial charge on any atom is 0.120 e. The van der Waals surface area contributed by atoms with E-state index >= 15 is 0 Å². The first-order valence-electron chi connectivity index (χ1n) is 9.83. The zero-order valence-electron chi connectivity index (χ0n) is 16.5. The summed E-state index contributed by atoms with van der Waals surface area (Å²) in [6.45, 7) is 4.05. The van der Waals surface area contributed by atoms with Crippen LogP contribution in [0.4, 0.5) is 0 Å². The molecule has 4 aromatic carbocycles. The van der Waals surface area contributed by atoms with Crippen LogP contribution in [-0.2, 0) is 5.41 Å². The summed E-state index contributed by atoms with van der Waals surface area (Å²) in [6, 6.07) is 28.0. The fourth-order valence-electron chi connectivity index (χ4n) is 4.86. The molecule has 5 rings (SSSR count). The van der Waals surface area contributed by atoms with Gasteiger partial charge in [0.05, 0.1) is 5.41 Å². The van der Waals surface area contributed by atoms with E-state index in [4.69, 9.17) is 0 Å². The summed E-state index contributed by atoms with van der Waals surface area (Å²) < 4.78 is 0. The van der Waals surface area contributed by atoms with Gasteiger partial charge in [-0.25, -0.2) is 0 Å². The predicted octanol–water partition coefficient (Wildman–Crippen LogP) is 6.08. The van der Waals surface area contributed by atoms with Gasteiger partial charge in [-0.2, -0.15) is 0 Å². The Labute approximate surface area is 170 Å². The Morgan fingerprint density at radius 2 is 0.931 bits per heavy atom. The summed E-state index contributed by atoms with van der Waals surface area (Å²) in [5.74, 6) is 0.450. The van der Waals surface area contributed by atoms with Crippen LogP contribution < -0.4 is 0 Å². The van der Waals surface area contributed by atoms with Crippen LogP contribution in [0.3, 0.4) is 0 Å². The molecule has 0 atom stereocenters. The zero-order valence-corrected chi connectivity index (χ0v) is 16.5. The highest BCUT2D eigenvalue weighted by atomic mass is 16.3. The Balaban J connectivity index is 2.04. The van der Waals surface area contributed by atoms with Crippen molar-refractivity contribution in [3.05, 3.63) is 118 Å². The smallest absolute Gasteiger partial charge is 0.120 e. The van der Waals surface area contributed by atoms with Gasteiger partial charge >= 0.3 is 0 Å². The van der Waals surface area contributed by atoms with Crippen molar-refractivity contribution in [2.75, 3.05) is 0 Å². The van der Waals surface area contributed by atoms with Crippen LogP contribution in [0.5, 0.6) is 11.5 Å². The molecule has 2 heteroatoms. The molecule has 0 heterocycles. The van der Waals surface area contributed by atoms with Gasteiger partial charge in [0.25, 0.3) is 0 Å². The van der Waals surface area contributed by atoms with Crippen molar-refractivity contribution in [1.82, 2.24) is 0 Å². The molecule has 0 spiro atoms. The molecule has 0 aliphatic heterocycles. The summed E-state index contributed by atoms with van der Waals surface area (Å²) in [5.41, 5.74) is 7.31. The van der Waals surface area contributed by atoms with Crippen LogP contribution in [0, 0.1) is 13.8 Å². The Kier molecular flexibility index (Phi) is 3.78. The van der Waals surface area contributed by atoms with Crippen molar-refractivity contribution in [3.63, 3.8) is 0 Å². The van der Waals surface area contributed by atoms with Crippen LogP contribution in [0.1, 0.15) is 33.4 Å². The second kappa shape index (κ2) is 6.25. The molecule has 0 saturated carbocycles. The normalized spacial score (nSPS) is 13.7. The maximum absolute atomic E-state index is 11.1. The van der Waals surface area contributed by atoms with Gasteiger partial charge < -0.3 is 10.2 Å². The number of hydrogen-bond donors (Lipinski definition) is 2. The quantitative estimate of drug-likeness (QED) is 0.391. The molecule has 0 radical (unpaired) electrons. The van der Waals surface area contributed by atoms with Crippen LogP contribution >= 0.6 is 0 Å². The first-order chi connectivity index (χ1) is 14.0. The summed E-state index contributed by atoms with van der Waals surface area (Å²) in [4.78, 5) is 0. The highest BCUT2D eigenvalue weighted by Gasteiger charge is 2.48. The van der Waals surface area contributed by atoms with Gasteiger partial charge in [-0.15, -0.1) is 0 Å². The number of hydrogen-bond acceptors (Lipinski definition) is 2. The number of fused-ring (bicyclic) bond motifs is 3. The molecule has 2 N–H and O–H groups in total. The molecule has 2 nitrogen and oxygen atoms in total. The monoisotopic (exact) mass is 378 g/mol. The van der Waals surface area contributed by atoms with Crippen LogP contribution in [0.15, 0.2) is 84.9 Å². The number of aryl methyl sites for hydroxylation is 2. The van der Waals surface area contributed by atoms with Crippen molar-refractivity contribution >= 4 is 0 Å². The van der Waals surface area contributed by atoms with Crippen LogP contribution in [0.2, 0.25) is 0 Å². The molecule has 142 valence electrons. The Morgan fingerprint density at radius 1 is 0.517 bits per heavy atom. The number of phenols is 2. The Morgan fingerprint density at radius 3 is 1.38 bits per heavy atom. The van der Waals surface area contributed by atoms with Crippen molar-refractivity contribution in [2.45, 2.75) is 19.3 Å². The third-order valence-corrected chi connectivity index (χ3v) is 6.06. The van der Waals surface area contributed by atoms with Crippen molar-refractivity contribution in [3.8, 4) is 22.6 Å². The molecule has 0 fully saturated rings. The lowest BCUT2D eigenvalue weighted by Gasteiger charge is -2.35. The SMILES string of the molecule is Cc1ccc(O)c(C2(c3cc(C)ccc3O)c3ccccc3-c3ccccc32)c1. The molecule has 0 unspecified atom stereocenters. The van der Waals surface area contributed by atoms with Crippen molar-refractivity contribution in [1.29, 1.82) is 0 Å². The van der Waals surface area contributed by atoms with Gasteiger partial charge in [0, 0.05) is 11.1 Å². The molecule has 0 aromatic heterocycles. The van der Waals surface area contributed by atoms with Crippen LogP contribution in [0.25, 0.3) is 11.1 Å². The van der Waals surface area contributed by atoms with E-state index < -0.39 is 5.41 Å². The Bertz CT molecular complexity index is 1150. The summed E-state index contributed by atoms with van der Waals surface area (Å²) in [5, 5.41) is 22.1. The largest absolute Gasteiger partial charge is 0.508 e. The molecule has 0 saturated heterocycles. The maximum atomic E-state index is 11.1. The van der Waals surface area contributed by atoms with Gasteiger partial charge in [0.2, 0.25) is 0 Å². The zero-order chi connectivity index (χ0) is 20.2. The summed E-state index contributed by atoms with van der Waals surface area (Å²) in [6.07, 6.45) is 0. The molecule has 29 heavy (non-hydrogen) atoms. The van der Waals surface area contributed by atoms with E-state index in [9.17, 15) is 10.2 Å². The lowest BCUT2D eigenvalue weighted by Crippen LogP contribution is -2.29. The van der Waals surface area contributed by atoms with E-state index in [1.165, 1.54) is 0 Å². The number of aromatic hydroxyl groups is 2. The van der Waals surface area contributed by atoms with E-state index in [1.54, 1.807) is 12.1 Å². The third-order valence-electron chi connectivity index (χ3n) is 6.06. The molecule has 1 aliphatic rings. The van der Waals surface area contributed by atoms with Crippen molar-refractivity contribution in [2.24, 2.45) is 0 Å². The molecule has 4 aromatic rings. The lowest BCUT2D eigenvalue weighted by molar-refractivity contribution is 0.448. The fourth-order valence-corrected chi connectivity index (χ4v) is 4.86. The minimum absolute atomic E-state index is 0.225. The number of rotatable bonds is 2. The molecular weight excluding hydrogens is 356 g/mol. The van der Waals surface area contributed by atoms with E-state index in [1.807, 2.05) is 62.4 Å². The van der Waals surface area contributed by atoms with Gasteiger partial charge in [-0.1, -0.05) is 83.9 Å². The first kappa shape index (κ1) is 17.6. The minimum atomic E-state index is -0.792. The van der Waals surface area contributed by atoms with Crippen molar-refractivity contribution < 1.29 is 10.2 Å². The van der Waals surface area contributed by atoms with Crippen LogP contribution in [-0.4, -0.2) is 10.2 Å². The van der Waals surface area contributed by atoms with Gasteiger partial charge in [-0.3, -0.25) is 0 Å². The average Bonchev–Trinajstić information content (AvgIpc) is 3.03. The molecule has 1 aliphatic carbocycles. The summed E-state index contributed by atoms with van der Waals surface area (Å²) >= 11 is 0. The number of phenolic OH excluding ortho intramolecular Hbond substituents is 2. The standard InChI is InChI=1S/C27H22O2/c1-17-11-13-25(28)23(15-17)27(24-16-18(2)12-14-26(24)29)21-9-5-3-7-19(21)20-8-4-6-10-22(20)27/h3-16,28-29H,1-2H3. The van der Waals surface area contributed by atoms with E-state index in [0.717, 1.165) is 44.5 Å². The fraction of sp³-hybridized carbons (Fsp3) is 0.111. The molecular formula is C27H22O2. The van der Waals surface area contributed by atoms with Gasteiger partial charge in [-0.05, 0) is 48.2 Å². The molecule has 0 amide bonds. The minimum Gasteiger partial charge on any atom is -0.508 e.